The third kappa shape index (κ3) is 5.80. The number of terminal acetylenes is 1. The number of aliphatic hydroxyl groups is 1. The lowest BCUT2D eigenvalue weighted by molar-refractivity contribution is 0.0738. The minimum absolute atomic E-state index is 0.0237. The van der Waals surface area contributed by atoms with Crippen LogP contribution in [0.15, 0.2) is 64.7 Å². The summed E-state index contributed by atoms with van der Waals surface area (Å²) in [6.45, 7) is 11.3. The van der Waals surface area contributed by atoms with Crippen LogP contribution in [0.2, 0.25) is 0 Å². The zero-order chi connectivity index (χ0) is 27.4. The summed E-state index contributed by atoms with van der Waals surface area (Å²) in [6, 6.07) is 13.2. The van der Waals surface area contributed by atoms with Crippen LogP contribution in [0.4, 0.5) is 17.2 Å². The van der Waals surface area contributed by atoms with E-state index in [0.29, 0.717) is 17.3 Å². The molecule has 38 heavy (non-hydrogen) atoms. The SMILES string of the molecule is C#CCn1c(=O)c(/C=N\C(=C)Nc2ccc(N3CCN(C)CC3)cc2)c(N)n1-c1cccc(C(C)(C)O)n1. The zero-order valence-corrected chi connectivity index (χ0v) is 22.1. The summed E-state index contributed by atoms with van der Waals surface area (Å²) in [5.74, 6) is 3.30. The van der Waals surface area contributed by atoms with Gasteiger partial charge in [0.25, 0.3) is 5.56 Å². The van der Waals surface area contributed by atoms with Crippen molar-refractivity contribution in [3.63, 3.8) is 0 Å². The molecule has 3 heterocycles. The Bertz CT molecular complexity index is 1430. The van der Waals surface area contributed by atoms with Crippen LogP contribution in [-0.2, 0) is 12.1 Å². The highest BCUT2D eigenvalue weighted by Crippen LogP contribution is 2.22. The van der Waals surface area contributed by atoms with Crippen molar-refractivity contribution in [1.29, 1.82) is 0 Å². The average Bonchev–Trinajstić information content (AvgIpc) is 3.12. The van der Waals surface area contributed by atoms with E-state index in [1.807, 2.05) is 12.1 Å². The molecule has 4 N–H and O–H groups in total. The van der Waals surface area contributed by atoms with Crippen molar-refractivity contribution < 1.29 is 5.11 Å². The van der Waals surface area contributed by atoms with Crippen molar-refractivity contribution in [3.8, 4) is 18.2 Å². The summed E-state index contributed by atoms with van der Waals surface area (Å²) in [6.07, 6.45) is 6.89. The number of aromatic nitrogens is 3. The minimum Gasteiger partial charge on any atom is -0.384 e. The van der Waals surface area contributed by atoms with Crippen LogP contribution in [0, 0.1) is 12.3 Å². The van der Waals surface area contributed by atoms with Gasteiger partial charge in [-0.1, -0.05) is 18.6 Å². The van der Waals surface area contributed by atoms with Gasteiger partial charge in [0.2, 0.25) is 0 Å². The monoisotopic (exact) mass is 514 g/mol. The summed E-state index contributed by atoms with van der Waals surface area (Å²) in [5, 5.41) is 13.5. The van der Waals surface area contributed by atoms with Gasteiger partial charge in [0, 0.05) is 43.8 Å². The molecule has 1 saturated heterocycles. The quantitative estimate of drug-likeness (QED) is 0.312. The number of hydrogen-bond donors (Lipinski definition) is 3. The van der Waals surface area contributed by atoms with E-state index in [0.717, 1.165) is 31.9 Å². The maximum atomic E-state index is 13.2. The number of nitrogens with two attached hydrogens (primary N) is 1. The Morgan fingerprint density at radius 2 is 1.92 bits per heavy atom. The van der Waals surface area contributed by atoms with Crippen LogP contribution in [0.1, 0.15) is 25.1 Å². The molecule has 4 rings (SSSR count). The first-order valence-corrected chi connectivity index (χ1v) is 12.4. The van der Waals surface area contributed by atoms with E-state index in [1.54, 1.807) is 32.0 Å². The molecule has 198 valence electrons. The zero-order valence-electron chi connectivity index (χ0n) is 22.1. The fraction of sp³-hybridized carbons (Fsp3) is 0.321. The molecule has 2 aromatic heterocycles. The number of piperazine rings is 1. The molecule has 3 aromatic rings. The summed E-state index contributed by atoms with van der Waals surface area (Å²) < 4.78 is 2.74. The number of nitrogens with one attached hydrogen (secondary N) is 1. The molecule has 1 aliphatic rings. The van der Waals surface area contributed by atoms with Gasteiger partial charge in [-0.2, -0.15) is 0 Å². The maximum absolute atomic E-state index is 13.2. The molecule has 0 saturated carbocycles. The lowest BCUT2D eigenvalue weighted by atomic mass is 10.1. The van der Waals surface area contributed by atoms with Crippen molar-refractivity contribution in [2.45, 2.75) is 26.0 Å². The number of nitrogen functional groups attached to an aromatic ring is 1. The van der Waals surface area contributed by atoms with E-state index < -0.39 is 11.2 Å². The van der Waals surface area contributed by atoms with E-state index >= 15 is 0 Å². The molecule has 1 aliphatic heterocycles. The highest BCUT2D eigenvalue weighted by Gasteiger charge is 2.22. The third-order valence-corrected chi connectivity index (χ3v) is 6.40. The van der Waals surface area contributed by atoms with Crippen LogP contribution in [0.3, 0.4) is 0 Å². The van der Waals surface area contributed by atoms with Gasteiger partial charge in [-0.05, 0) is 57.3 Å². The predicted molar refractivity (Wildman–Crippen MR) is 153 cm³/mol. The summed E-state index contributed by atoms with van der Waals surface area (Å²) >= 11 is 0. The lowest BCUT2D eigenvalue weighted by Crippen LogP contribution is -2.44. The van der Waals surface area contributed by atoms with Gasteiger partial charge in [-0.25, -0.2) is 19.3 Å². The first-order valence-electron chi connectivity index (χ1n) is 12.4. The fourth-order valence-corrected chi connectivity index (χ4v) is 4.22. The summed E-state index contributed by atoms with van der Waals surface area (Å²) in [7, 11) is 2.13. The Balaban J connectivity index is 1.54. The van der Waals surface area contributed by atoms with Gasteiger partial charge < -0.3 is 26.0 Å². The molecule has 0 radical (unpaired) electrons. The summed E-state index contributed by atoms with van der Waals surface area (Å²) in [5.41, 5.74) is 7.37. The van der Waals surface area contributed by atoms with Gasteiger partial charge in [-0.15, -0.1) is 6.42 Å². The number of pyridine rings is 1. The average molecular weight is 515 g/mol. The number of rotatable bonds is 8. The van der Waals surface area contributed by atoms with E-state index in [1.165, 1.54) is 21.3 Å². The van der Waals surface area contributed by atoms with Gasteiger partial charge >= 0.3 is 0 Å². The van der Waals surface area contributed by atoms with Crippen LogP contribution in [0.5, 0.6) is 0 Å². The normalized spacial score (nSPS) is 14.6. The van der Waals surface area contributed by atoms with Crippen molar-refractivity contribution in [2.75, 3.05) is 49.2 Å². The van der Waals surface area contributed by atoms with E-state index in [9.17, 15) is 9.90 Å². The number of aliphatic imine (C=N–C) groups is 1. The largest absolute Gasteiger partial charge is 0.384 e. The number of nitrogens with zero attached hydrogens (tertiary/aromatic N) is 6. The van der Waals surface area contributed by atoms with E-state index in [4.69, 9.17) is 12.2 Å². The first-order chi connectivity index (χ1) is 18.1. The standard InChI is InChI=1S/C28H34N8O2/c1-6-14-35-27(37)23(26(29)36(35)25-9-7-8-24(32-25)28(3,4)38)19-30-20(2)31-21-10-12-22(13-11-21)34-17-15-33(5)16-18-34/h1,7-13,19,31,38H,2,14-18,29H2,3-5H3/b30-19-. The number of benzene rings is 1. The fourth-order valence-electron chi connectivity index (χ4n) is 4.22. The molecule has 0 bridgehead atoms. The third-order valence-electron chi connectivity index (χ3n) is 6.40. The Morgan fingerprint density at radius 1 is 1.24 bits per heavy atom. The molecule has 0 unspecified atom stereocenters. The van der Waals surface area contributed by atoms with Gasteiger partial charge in [0.05, 0.1) is 5.69 Å². The first kappa shape index (κ1) is 26.7. The number of anilines is 3. The highest BCUT2D eigenvalue weighted by molar-refractivity contribution is 5.86. The Morgan fingerprint density at radius 3 is 2.55 bits per heavy atom. The summed E-state index contributed by atoms with van der Waals surface area (Å²) in [4.78, 5) is 26.7. The maximum Gasteiger partial charge on any atom is 0.279 e. The van der Waals surface area contributed by atoms with Gasteiger partial charge in [0.15, 0.2) is 5.82 Å². The van der Waals surface area contributed by atoms with Crippen molar-refractivity contribution in [3.05, 3.63) is 76.5 Å². The van der Waals surface area contributed by atoms with Gasteiger partial charge in [0.1, 0.15) is 29.3 Å². The van der Waals surface area contributed by atoms with Crippen LogP contribution in [-0.4, -0.2) is 63.8 Å². The molecule has 10 nitrogen and oxygen atoms in total. The van der Waals surface area contributed by atoms with E-state index in [-0.39, 0.29) is 17.9 Å². The molecule has 0 amide bonds. The number of hydrogen-bond acceptors (Lipinski definition) is 8. The second-order valence-corrected chi connectivity index (χ2v) is 9.78. The van der Waals surface area contributed by atoms with Crippen molar-refractivity contribution >= 4 is 23.4 Å². The Kier molecular flexibility index (Phi) is 7.71. The molecule has 10 heteroatoms. The van der Waals surface area contributed by atoms with Crippen LogP contribution in [0.25, 0.3) is 5.82 Å². The number of likely N-dealkylation sites (N-methyl/N-ethyl adjacent to an activating group) is 1. The smallest absolute Gasteiger partial charge is 0.279 e. The molecular formula is C28H34N8O2. The Labute approximate surface area is 222 Å². The van der Waals surface area contributed by atoms with Crippen LogP contribution >= 0.6 is 0 Å². The van der Waals surface area contributed by atoms with E-state index in [2.05, 4.69) is 56.8 Å². The highest BCUT2D eigenvalue weighted by atomic mass is 16.3. The molecule has 1 aromatic carbocycles. The second-order valence-electron chi connectivity index (χ2n) is 9.78. The predicted octanol–water partition coefficient (Wildman–Crippen LogP) is 2.23. The molecular weight excluding hydrogens is 480 g/mol. The van der Waals surface area contributed by atoms with Crippen molar-refractivity contribution in [2.24, 2.45) is 4.99 Å². The molecule has 0 aliphatic carbocycles. The van der Waals surface area contributed by atoms with Crippen molar-refractivity contribution in [1.82, 2.24) is 19.2 Å². The lowest BCUT2D eigenvalue weighted by Gasteiger charge is -2.34. The molecule has 0 spiro atoms. The molecule has 1 fully saturated rings. The topological polar surface area (TPSA) is 117 Å². The Hall–Kier alpha value is -4.33. The minimum atomic E-state index is -1.18. The molecule has 0 atom stereocenters. The van der Waals surface area contributed by atoms with Crippen LogP contribution < -0.4 is 21.5 Å². The van der Waals surface area contributed by atoms with Gasteiger partial charge in [-0.3, -0.25) is 4.79 Å². The second kappa shape index (κ2) is 11.0.